The lowest BCUT2D eigenvalue weighted by atomic mass is 9.98. The van der Waals surface area contributed by atoms with Crippen molar-refractivity contribution >= 4 is 127 Å². The molecule has 134 heavy (non-hydrogen) atoms. The first kappa shape index (κ1) is 91.2. The van der Waals surface area contributed by atoms with E-state index in [9.17, 15) is 71.4 Å². The van der Waals surface area contributed by atoms with Crippen LogP contribution in [0.15, 0.2) is 183 Å². The van der Waals surface area contributed by atoms with Crippen LogP contribution in [-0.4, -0.2) is 184 Å². The van der Waals surface area contributed by atoms with Crippen LogP contribution in [-0.2, 0) is 38.8 Å². The third-order valence-electron chi connectivity index (χ3n) is 23.1. The number of carboxylic acids is 1. The highest BCUT2D eigenvalue weighted by atomic mass is 19.1. The predicted octanol–water partition coefficient (Wildman–Crippen LogP) is 12.1. The van der Waals surface area contributed by atoms with E-state index >= 15 is 4.39 Å². The fraction of sp³-hybridized carbons (Fsp3) is 0.271. The molecule has 35 nitrogen and oxygen atoms in total. The number of anilines is 6. The Morgan fingerprint density at radius 3 is 1.50 bits per heavy atom. The minimum Gasteiger partial charge on any atom is -0.496 e. The third-order valence-corrected chi connectivity index (χ3v) is 23.1. The second kappa shape index (κ2) is 41.3. The van der Waals surface area contributed by atoms with Crippen LogP contribution in [0.25, 0.3) is 44.1 Å². The number of hydrogen-bond donors (Lipinski definition) is 11. The van der Waals surface area contributed by atoms with Crippen LogP contribution in [0.1, 0.15) is 186 Å². The van der Waals surface area contributed by atoms with Crippen LogP contribution in [0, 0.1) is 11.6 Å². The number of para-hydroxylation sites is 2. The molecule has 12 aromatic rings. The van der Waals surface area contributed by atoms with Crippen molar-refractivity contribution in [2.75, 3.05) is 55.7 Å². The van der Waals surface area contributed by atoms with Crippen molar-refractivity contribution in [1.29, 1.82) is 0 Å². The molecule has 3 atom stereocenters. The first-order valence-electron chi connectivity index (χ1n) is 44.0. The molecule has 4 aromatic heterocycles. The van der Waals surface area contributed by atoms with Crippen molar-refractivity contribution in [3.05, 3.63) is 250 Å². The summed E-state index contributed by atoms with van der Waals surface area (Å²) in [5, 5.41) is 53.5. The number of carbonyl (C=O) groups is 12. The van der Waals surface area contributed by atoms with E-state index in [0.717, 1.165) is 72.3 Å². The normalized spacial score (nSPS) is 15.7. The Labute approximate surface area is 765 Å². The Hall–Kier alpha value is -16.2. The molecule has 688 valence electrons. The number of piperidine rings is 2. The summed E-state index contributed by atoms with van der Waals surface area (Å²) in [7, 11) is 2.00. The number of aromatic carboxylic acids is 1. The Balaban J connectivity index is 0.000000168. The van der Waals surface area contributed by atoms with Gasteiger partial charge in [-0.2, -0.15) is 0 Å². The smallest absolute Gasteiger partial charge is 0.338 e. The summed E-state index contributed by atoms with van der Waals surface area (Å²) in [4.78, 5) is 162. The number of benzene rings is 8. The number of halogens is 3. The highest BCUT2D eigenvalue weighted by molar-refractivity contribution is 6.27. The molecule has 8 aromatic carbocycles. The molecule has 11 amide bonds. The fourth-order valence-electron chi connectivity index (χ4n) is 15.9. The van der Waals surface area contributed by atoms with Crippen LogP contribution < -0.4 is 63.1 Å². The van der Waals surface area contributed by atoms with Gasteiger partial charge in [0.25, 0.3) is 41.4 Å². The molecule has 8 heterocycles. The number of alkyl halides is 1. The van der Waals surface area contributed by atoms with E-state index in [2.05, 4.69) is 78.4 Å². The van der Waals surface area contributed by atoms with Crippen molar-refractivity contribution in [3.63, 3.8) is 0 Å². The number of pyridine rings is 2. The Kier molecular flexibility index (Phi) is 28.1. The molecule has 2 saturated carbocycles. The van der Waals surface area contributed by atoms with E-state index in [1.165, 1.54) is 50.7 Å². The number of fused-ring (bicyclic) bond motifs is 4. The van der Waals surface area contributed by atoms with Crippen molar-refractivity contribution in [3.8, 4) is 33.8 Å². The minimum absolute atomic E-state index is 0.0242. The first-order chi connectivity index (χ1) is 65.3. The molecule has 4 fully saturated rings. The molecule has 0 bridgehead atoms. The zero-order valence-corrected chi connectivity index (χ0v) is 72.8. The molecule has 0 radical (unpaired) electrons. The summed E-state index contributed by atoms with van der Waals surface area (Å²) in [6.45, 7) is 4.25. The van der Waals surface area contributed by atoms with E-state index in [1.54, 1.807) is 76.4 Å². The van der Waals surface area contributed by atoms with Crippen molar-refractivity contribution < 1.29 is 86.7 Å². The summed E-state index contributed by atoms with van der Waals surface area (Å²) in [6.07, 6.45) is 13.7. The second-order valence-electron chi connectivity index (χ2n) is 32.3. The van der Waals surface area contributed by atoms with Gasteiger partial charge in [-0.05, 0) is 174 Å². The number of nitrogens with two attached hydrogens (primary N) is 1. The van der Waals surface area contributed by atoms with Gasteiger partial charge >= 0.3 is 5.97 Å². The van der Waals surface area contributed by atoms with Crippen molar-refractivity contribution in [2.45, 2.75) is 134 Å². The lowest BCUT2D eigenvalue weighted by Gasteiger charge is -2.27. The van der Waals surface area contributed by atoms with E-state index in [-0.39, 0.29) is 83.9 Å². The van der Waals surface area contributed by atoms with Crippen LogP contribution in [0.4, 0.5) is 47.3 Å². The standard InChI is InChI=1S/C48H45FN10O7.C27H22FN3O4.C20H23N7O4.CH3F/c1-26(52-36-12-8-11-31-42(36)48(65)59(47(31)64)39-17-18-41(60)55-46(39)63)38-25-58(57-56-38)20-7-6-19-50-44(61)30-16-13-27(21-35(30)49)32-22-33-37(23-40(32)66-2)51-24-34(45(62)54-29-14-15-29)43(33)53-28-9-4-3-5-10-28;1-35-24-13-23-20(12-19(24)15-7-10-18(27(33)34)22(28)11-15)25(30-16-5-3-2-4-6-16)21(14-29-23)26(32)31-17-8-9-17;21-8-1-2-9-26-11-12(24-25-26)10-22-14-5-3-4-13-17(14)20(31)27(19(13)30)15-6-7-16(28)23-18(15)29;1-2/h3-5,8-13,16,21-26,29,39,52H,6-7,14-15,17-20H2,1-2H3,(H,50,61)(H,51,53)(H,54,62)(H,55,60,63);2-7,10-14,17H,8-9H2,1H3,(H,29,30)(H,31,32)(H,33,34);3-5,11,15,22H,1-2,6-10,21H2,(H,23,28,29);1H3/i;;;1D. The van der Waals surface area contributed by atoms with Crippen molar-refractivity contribution in [1.82, 2.24) is 76.3 Å². The first-order valence-corrected chi connectivity index (χ1v) is 43.2. The molecule has 2 saturated heterocycles. The van der Waals surface area contributed by atoms with E-state index in [0.29, 0.717) is 133 Å². The molecule has 38 heteroatoms. The van der Waals surface area contributed by atoms with Gasteiger partial charge in [-0.1, -0.05) is 71.1 Å². The van der Waals surface area contributed by atoms with E-state index < -0.39 is 102 Å². The molecule has 4 aliphatic heterocycles. The lowest BCUT2D eigenvalue weighted by molar-refractivity contribution is -0.137. The van der Waals surface area contributed by atoms with E-state index in [1.807, 2.05) is 79.9 Å². The third kappa shape index (κ3) is 20.7. The predicted molar refractivity (Wildman–Crippen MR) is 487 cm³/mol. The van der Waals surface area contributed by atoms with Gasteiger partial charge in [0.05, 0.1) is 115 Å². The van der Waals surface area contributed by atoms with Gasteiger partial charge in [-0.15, -0.1) is 10.2 Å². The summed E-state index contributed by atoms with van der Waals surface area (Å²) in [5.74, 6) is -7.54. The minimum atomic E-state index is -1.34. The number of imide groups is 4. The lowest BCUT2D eigenvalue weighted by Crippen LogP contribution is -2.54. The molecule has 12 N–H and O–H groups in total. The molecule has 6 aliphatic rings. The highest BCUT2D eigenvalue weighted by Gasteiger charge is 2.48. The number of hydrogen-bond acceptors (Lipinski definition) is 25. The van der Waals surface area contributed by atoms with E-state index in [4.69, 9.17) is 16.6 Å². The second-order valence-corrected chi connectivity index (χ2v) is 32.3. The zero-order chi connectivity index (χ0) is 95.3. The topological polar surface area (TPSA) is 471 Å². The Morgan fingerprint density at radius 2 is 1.02 bits per heavy atom. The Morgan fingerprint density at radius 1 is 0.545 bits per heavy atom. The van der Waals surface area contributed by atoms with Crippen LogP contribution in [0.5, 0.6) is 11.5 Å². The summed E-state index contributed by atoms with van der Waals surface area (Å²) in [5.41, 5.74) is 14.4. The van der Waals surface area contributed by atoms with Crippen LogP contribution >= 0.6 is 0 Å². The number of unbranched alkanes of at least 4 members (excludes halogenated alkanes) is 2. The average Bonchev–Trinajstić information content (AvgIpc) is 1.32. The van der Waals surface area contributed by atoms with Crippen LogP contribution in [0.3, 0.4) is 0 Å². The quantitative estimate of drug-likeness (QED) is 0.0142. The molecular weight excluding hydrogens is 1730 g/mol. The number of carboxylic acid groups (broad SMARTS) is 1. The number of nitrogens with zero attached hydrogens (tertiary/aromatic N) is 10. The molecule has 2 aliphatic carbocycles. The Bertz CT molecular complexity index is 6640. The number of aromatic nitrogens is 8. The maximum atomic E-state index is 15.8. The maximum Gasteiger partial charge on any atom is 0.338 e. The van der Waals surface area contributed by atoms with Gasteiger partial charge in [0, 0.05) is 114 Å². The number of rotatable bonds is 31. The van der Waals surface area contributed by atoms with Gasteiger partial charge in [-0.25, -0.2) is 13.6 Å². The maximum absolute atomic E-state index is 15.8. The molecule has 0 spiro atoms. The largest absolute Gasteiger partial charge is 0.496 e. The highest BCUT2D eigenvalue weighted by Crippen LogP contribution is 2.43. The van der Waals surface area contributed by atoms with Gasteiger partial charge < -0.3 is 57.5 Å². The monoisotopic (exact) mass is 1820 g/mol. The SMILES string of the molecule is COc1cc2ncc(C(=O)NC3CC3)c(Nc3ccccc3)c2cc1-c1ccc(C(=O)NCCCCn2cc(C(C)Nc3cccc4c3C(=O)N(C3CCC(=O)NC3=O)C4=O)nn2)c(F)c1.COc1cc2ncc(C(=O)NC3CC3)c(Nc3ccccc3)c2cc1-c1ccc(C(=O)O)c(F)c1.NCCCCn1cc(CNc2cccc3c2C(=O)N(C2CCC(=O)NC2=O)C3=O)nn1.[2H]CF. The zero-order valence-electron chi connectivity index (χ0n) is 73.8. The number of ether oxygens (including phenoxy) is 2. The number of methoxy groups -OCH3 is 2. The van der Waals surface area contributed by atoms with Crippen molar-refractivity contribution in [2.24, 2.45) is 5.73 Å². The molecule has 18 rings (SSSR count). The van der Waals surface area contributed by atoms with Gasteiger partial charge in [0.2, 0.25) is 23.6 Å². The number of amides is 11. The van der Waals surface area contributed by atoms with Gasteiger partial charge in [-0.3, -0.25) is 96.9 Å². The summed E-state index contributed by atoms with van der Waals surface area (Å²) >= 11 is 0. The van der Waals surface area contributed by atoms with Gasteiger partial charge in [0.15, 0.2) is 0 Å². The number of carbonyl (C=O) groups excluding carboxylic acids is 11. The average molecular weight is 1820 g/mol. The number of aryl methyl sites for hydroxylation is 2. The number of nitrogens with one attached hydrogen (secondary N) is 9. The fourth-order valence-corrected chi connectivity index (χ4v) is 15.9. The van der Waals surface area contributed by atoms with Crippen LogP contribution in [0.2, 0.25) is 0 Å². The summed E-state index contributed by atoms with van der Waals surface area (Å²) < 4.78 is 60.4. The van der Waals surface area contributed by atoms with Gasteiger partial charge in [0.1, 0.15) is 46.6 Å². The molecular formula is C96H93F3N20O15. The molecule has 3 unspecified atom stereocenters. The summed E-state index contributed by atoms with van der Waals surface area (Å²) in [6, 6.07) is 41.8.